The summed E-state index contributed by atoms with van der Waals surface area (Å²) in [5.74, 6) is 0.0525. The van der Waals surface area contributed by atoms with Gasteiger partial charge in [0, 0.05) is 42.9 Å². The Hall–Kier alpha value is -2.44. The van der Waals surface area contributed by atoms with Crippen molar-refractivity contribution in [1.29, 1.82) is 0 Å². The maximum atomic E-state index is 11.7. The molecule has 0 N–H and O–H groups in total. The number of fused-ring (bicyclic) bond motifs is 1. The number of hydrogen-bond acceptors (Lipinski definition) is 4. The summed E-state index contributed by atoms with van der Waals surface area (Å²) in [5, 5.41) is 0. The molecule has 0 aliphatic carbocycles. The number of rotatable bonds is 9. The van der Waals surface area contributed by atoms with Crippen molar-refractivity contribution < 1.29 is 17.2 Å². The first kappa shape index (κ1) is 23.7. The van der Waals surface area contributed by atoms with E-state index in [0.717, 1.165) is 26.1 Å². The van der Waals surface area contributed by atoms with Crippen molar-refractivity contribution in [2.45, 2.75) is 44.9 Å². The summed E-state index contributed by atoms with van der Waals surface area (Å²) in [4.78, 5) is 2.45. The van der Waals surface area contributed by atoms with Gasteiger partial charge in [-0.15, -0.1) is 0 Å². The largest absolute Gasteiger partial charge is 0.372 e. The van der Waals surface area contributed by atoms with Gasteiger partial charge < -0.3 is 4.90 Å². The quantitative estimate of drug-likeness (QED) is 0.291. The minimum atomic E-state index is -3.41. The molecule has 0 atom stereocenters. The Morgan fingerprint density at radius 1 is 1.00 bits per heavy atom. The van der Waals surface area contributed by atoms with E-state index in [1.807, 2.05) is 0 Å². The van der Waals surface area contributed by atoms with E-state index in [4.69, 9.17) is 0 Å². The van der Waals surface area contributed by atoms with E-state index < -0.39 is 10.1 Å². The molecule has 33 heavy (non-hydrogen) atoms. The fourth-order valence-electron chi connectivity index (χ4n) is 4.96. The monoisotopic (exact) mass is 467 g/mol. The average Bonchev–Trinajstić information content (AvgIpc) is 3.42. The maximum absolute atomic E-state index is 11.7. The molecule has 1 saturated heterocycles. The van der Waals surface area contributed by atoms with E-state index >= 15 is 0 Å². The smallest absolute Gasteiger partial charge is 0.267 e. The van der Waals surface area contributed by atoms with Crippen molar-refractivity contribution in [1.82, 2.24) is 0 Å². The van der Waals surface area contributed by atoms with Crippen LogP contribution in [-0.2, 0) is 19.7 Å². The van der Waals surface area contributed by atoms with Crippen molar-refractivity contribution in [3.63, 3.8) is 0 Å². The molecule has 5 nitrogen and oxygen atoms in total. The molecule has 2 aromatic rings. The van der Waals surface area contributed by atoms with E-state index in [9.17, 15) is 8.42 Å². The zero-order chi connectivity index (χ0) is 23.5. The first-order valence-corrected chi connectivity index (χ1v) is 13.5. The molecule has 176 valence electrons. The first-order chi connectivity index (χ1) is 15.8. The summed E-state index contributed by atoms with van der Waals surface area (Å²) in [7, 11) is -2.19. The lowest BCUT2D eigenvalue weighted by molar-refractivity contribution is -0.438. The lowest BCUT2D eigenvalue weighted by atomic mass is 9.81. The maximum Gasteiger partial charge on any atom is 0.267 e. The number of benzene rings is 2. The minimum Gasteiger partial charge on any atom is -0.372 e. The lowest BCUT2D eigenvalue weighted by Crippen LogP contribution is -2.28. The van der Waals surface area contributed by atoms with Crippen LogP contribution in [0.2, 0.25) is 0 Å². The van der Waals surface area contributed by atoms with Crippen LogP contribution < -0.4 is 4.90 Å². The van der Waals surface area contributed by atoms with Crippen LogP contribution in [-0.4, -0.2) is 51.2 Å². The predicted octanol–water partition coefficient (Wildman–Crippen LogP) is 5.13. The highest BCUT2D eigenvalue weighted by atomic mass is 32.2. The van der Waals surface area contributed by atoms with Crippen LogP contribution in [0.3, 0.4) is 0 Å². The zero-order valence-corrected chi connectivity index (χ0v) is 20.8. The van der Waals surface area contributed by atoms with Gasteiger partial charge in [0.1, 0.15) is 6.54 Å². The molecule has 2 aliphatic rings. The number of para-hydroxylation sites is 1. The Kier molecular flexibility index (Phi) is 7.05. The number of hydrogen-bond donors (Lipinski definition) is 0. The van der Waals surface area contributed by atoms with Gasteiger partial charge in [-0.05, 0) is 56.9 Å². The summed E-state index contributed by atoms with van der Waals surface area (Å²) in [6, 6.07) is 17.3. The molecule has 4 rings (SSSR count). The standard InChI is InChI=1S/C27H35N2O3S/c1-27(2)24-10-4-5-11-25(24)29(20-8-9-21-33(30,31)32-3)26(27)17-14-22-12-15-23(16-13-22)28-18-6-7-19-28/h4-5,10-17H,6-9,18-21H2,1-3H3/q+1. The Morgan fingerprint density at radius 3 is 2.39 bits per heavy atom. The molecule has 6 heteroatoms. The van der Waals surface area contributed by atoms with E-state index in [2.05, 4.69) is 88.2 Å². The van der Waals surface area contributed by atoms with Crippen molar-refractivity contribution in [3.8, 4) is 0 Å². The van der Waals surface area contributed by atoms with Gasteiger partial charge in [-0.2, -0.15) is 13.0 Å². The second-order valence-corrected chi connectivity index (χ2v) is 11.3. The van der Waals surface area contributed by atoms with Gasteiger partial charge in [-0.25, -0.2) is 0 Å². The second-order valence-electron chi connectivity index (χ2n) is 9.43. The molecule has 0 unspecified atom stereocenters. The van der Waals surface area contributed by atoms with Crippen molar-refractivity contribution in [2.24, 2.45) is 0 Å². The first-order valence-electron chi connectivity index (χ1n) is 11.9. The number of allylic oxidation sites excluding steroid dienone is 1. The number of nitrogens with zero attached hydrogens (tertiary/aromatic N) is 2. The molecular formula is C27H35N2O3S+. The Morgan fingerprint density at radius 2 is 1.70 bits per heavy atom. The number of anilines is 1. The van der Waals surface area contributed by atoms with Crippen molar-refractivity contribution >= 4 is 33.3 Å². The van der Waals surface area contributed by atoms with Crippen molar-refractivity contribution in [2.75, 3.05) is 37.4 Å². The molecular weight excluding hydrogens is 432 g/mol. The highest BCUT2D eigenvalue weighted by Gasteiger charge is 2.43. The van der Waals surface area contributed by atoms with Crippen molar-refractivity contribution in [3.05, 3.63) is 65.7 Å². The summed E-state index contributed by atoms with van der Waals surface area (Å²) in [6.45, 7) is 7.60. The van der Waals surface area contributed by atoms with Gasteiger partial charge in [0.05, 0.1) is 18.3 Å². The summed E-state index contributed by atoms with van der Waals surface area (Å²) >= 11 is 0. The van der Waals surface area contributed by atoms with Gasteiger partial charge in [0.2, 0.25) is 5.69 Å². The van der Waals surface area contributed by atoms with Crippen LogP contribution in [0.25, 0.3) is 6.08 Å². The molecule has 0 amide bonds. The van der Waals surface area contributed by atoms with Gasteiger partial charge in [0.25, 0.3) is 10.1 Å². The molecule has 1 fully saturated rings. The molecule has 0 radical (unpaired) electrons. The molecule has 0 saturated carbocycles. The van der Waals surface area contributed by atoms with Gasteiger partial charge in [-0.1, -0.05) is 30.3 Å². The topological polar surface area (TPSA) is 49.6 Å². The molecule has 0 spiro atoms. The third-order valence-electron chi connectivity index (χ3n) is 6.88. The molecule has 0 aromatic heterocycles. The summed E-state index contributed by atoms with van der Waals surface area (Å²) in [6.07, 6.45) is 8.33. The zero-order valence-electron chi connectivity index (χ0n) is 20.0. The Labute approximate surface area is 198 Å². The third-order valence-corrected chi connectivity index (χ3v) is 8.17. The van der Waals surface area contributed by atoms with E-state index in [0.29, 0.717) is 6.42 Å². The highest BCUT2D eigenvalue weighted by Crippen LogP contribution is 2.40. The lowest BCUT2D eigenvalue weighted by Gasteiger charge is -2.17. The van der Waals surface area contributed by atoms with E-state index in [1.165, 1.54) is 48.2 Å². The third kappa shape index (κ3) is 5.22. The summed E-state index contributed by atoms with van der Waals surface area (Å²) in [5.41, 5.74) is 6.12. The van der Waals surface area contributed by atoms with E-state index in [-0.39, 0.29) is 11.2 Å². The van der Waals surface area contributed by atoms with Gasteiger partial charge in [0.15, 0.2) is 5.71 Å². The Bertz CT molecular complexity index is 1140. The van der Waals surface area contributed by atoms with Crippen LogP contribution in [0, 0.1) is 0 Å². The second kappa shape index (κ2) is 9.82. The minimum absolute atomic E-state index is 0.0525. The Balaban J connectivity index is 1.56. The van der Waals surface area contributed by atoms with Gasteiger partial charge >= 0.3 is 0 Å². The molecule has 0 bridgehead atoms. The van der Waals surface area contributed by atoms with Crippen LogP contribution in [0.15, 0.2) is 54.6 Å². The summed E-state index contributed by atoms with van der Waals surface area (Å²) < 4.78 is 30.3. The molecule has 2 heterocycles. The molecule has 2 aromatic carbocycles. The fourth-order valence-corrected chi connectivity index (χ4v) is 5.69. The fraction of sp³-hybridized carbons (Fsp3) is 0.444. The normalized spacial score (nSPS) is 17.8. The average molecular weight is 468 g/mol. The van der Waals surface area contributed by atoms with Crippen LogP contribution >= 0.6 is 0 Å². The predicted molar refractivity (Wildman–Crippen MR) is 136 cm³/mol. The van der Waals surface area contributed by atoms with E-state index in [1.54, 1.807) is 0 Å². The van der Waals surface area contributed by atoms with Gasteiger partial charge in [-0.3, -0.25) is 4.18 Å². The number of unbranched alkanes of at least 4 members (excludes halogenated alkanes) is 1. The molecule has 2 aliphatic heterocycles. The van der Waals surface area contributed by atoms with Crippen LogP contribution in [0.5, 0.6) is 0 Å². The SMILES string of the molecule is COS(=O)(=O)CCCC[N+]1=C(/C=C/c2ccc(N3CCCC3)cc2)C(C)(C)c2ccccc21. The highest BCUT2D eigenvalue weighted by molar-refractivity contribution is 7.86. The van der Waals surface area contributed by atoms with Crippen LogP contribution in [0.1, 0.15) is 50.7 Å². The van der Waals surface area contributed by atoms with Crippen LogP contribution in [0.4, 0.5) is 11.4 Å².